The topological polar surface area (TPSA) is 50.7 Å². The molecule has 3 atom stereocenters. The fourth-order valence-corrected chi connectivity index (χ4v) is 3.67. The number of hydrogen-bond acceptors (Lipinski definition) is 3. The number of amides is 1. The highest BCUT2D eigenvalue weighted by molar-refractivity contribution is 6.30. The highest BCUT2D eigenvalue weighted by Gasteiger charge is 2.34. The van der Waals surface area contributed by atoms with Gasteiger partial charge in [0.2, 0.25) is 5.91 Å². The van der Waals surface area contributed by atoms with Crippen molar-refractivity contribution in [1.29, 1.82) is 0 Å². The largest absolute Gasteiger partial charge is 0.493 e. The van der Waals surface area contributed by atoms with Crippen LogP contribution in [0, 0.1) is 24.7 Å². The van der Waals surface area contributed by atoms with Crippen molar-refractivity contribution in [3.8, 4) is 5.75 Å². The van der Waals surface area contributed by atoms with Gasteiger partial charge in [-0.15, -0.1) is 0 Å². The number of carbonyl (C=O) groups is 1. The molecule has 0 heterocycles. The number of aryl methyl sites for hydroxylation is 1. The molecule has 0 saturated heterocycles. The highest BCUT2D eigenvalue weighted by atomic mass is 35.5. The fourth-order valence-electron chi connectivity index (χ4n) is 3.45. The van der Waals surface area contributed by atoms with Gasteiger partial charge in [0.05, 0.1) is 6.61 Å². The third-order valence-electron chi connectivity index (χ3n) is 4.73. The number of benzene rings is 1. The van der Waals surface area contributed by atoms with Gasteiger partial charge in [-0.05, 0) is 61.8 Å². The quantitative estimate of drug-likeness (QED) is 0.349. The Hall–Kier alpha value is -1.81. The van der Waals surface area contributed by atoms with Gasteiger partial charge in [0.25, 0.3) is 0 Å². The molecule has 2 bridgehead atoms. The van der Waals surface area contributed by atoms with E-state index >= 15 is 0 Å². The van der Waals surface area contributed by atoms with Gasteiger partial charge in [0.1, 0.15) is 5.75 Å². The summed E-state index contributed by atoms with van der Waals surface area (Å²) in [6, 6.07) is 5.52. The zero-order chi connectivity index (χ0) is 16.9. The maximum atomic E-state index is 11.8. The van der Waals surface area contributed by atoms with Gasteiger partial charge in [0.15, 0.2) is 0 Å². The Bertz CT molecular complexity index is 657. The molecule has 5 heteroatoms. The summed E-state index contributed by atoms with van der Waals surface area (Å²) >= 11 is 5.91. The molecule has 1 aromatic carbocycles. The van der Waals surface area contributed by atoms with E-state index in [1.807, 2.05) is 25.3 Å². The summed E-state index contributed by atoms with van der Waals surface area (Å²) in [6.45, 7) is 2.45. The number of nitrogens with zero attached hydrogens (tertiary/aromatic N) is 1. The summed E-state index contributed by atoms with van der Waals surface area (Å²) in [5, 5.41) is 4.82. The van der Waals surface area contributed by atoms with Crippen molar-refractivity contribution in [2.45, 2.75) is 32.6 Å². The van der Waals surface area contributed by atoms with E-state index in [9.17, 15) is 4.79 Å². The molecule has 3 rings (SSSR count). The molecule has 1 N–H and O–H groups in total. The molecule has 0 aromatic heterocycles. The SMILES string of the molecule is Cc1cc(Cl)ccc1OCCCC(=O)N/N=C/C1CC2C=CC1C2. The Labute approximate surface area is 147 Å². The van der Waals surface area contributed by atoms with Crippen LogP contribution in [0.25, 0.3) is 0 Å². The maximum absolute atomic E-state index is 11.8. The second-order valence-corrected chi connectivity index (χ2v) is 7.06. The van der Waals surface area contributed by atoms with Gasteiger partial charge in [-0.2, -0.15) is 5.10 Å². The monoisotopic (exact) mass is 346 g/mol. The molecular formula is C19H23ClN2O2. The summed E-state index contributed by atoms with van der Waals surface area (Å²) in [5.41, 5.74) is 3.62. The van der Waals surface area contributed by atoms with Crippen LogP contribution in [0.5, 0.6) is 5.75 Å². The number of rotatable bonds is 7. The van der Waals surface area contributed by atoms with E-state index in [0.29, 0.717) is 36.3 Å². The molecule has 0 spiro atoms. The molecule has 2 aliphatic carbocycles. The van der Waals surface area contributed by atoms with Gasteiger partial charge in [0, 0.05) is 23.6 Å². The van der Waals surface area contributed by atoms with Crippen molar-refractivity contribution in [1.82, 2.24) is 5.43 Å². The van der Waals surface area contributed by atoms with Gasteiger partial charge in [-0.1, -0.05) is 23.8 Å². The zero-order valence-electron chi connectivity index (χ0n) is 13.9. The van der Waals surface area contributed by atoms with Crippen molar-refractivity contribution in [2.24, 2.45) is 22.9 Å². The standard InChI is InChI=1S/C19H23ClN2O2/c1-13-9-17(20)6-7-18(13)24-8-2-3-19(23)22-21-12-16-11-14-4-5-15(16)10-14/h4-7,9,12,14-16H,2-3,8,10-11H2,1H3,(H,22,23)/b21-12+. The van der Waals surface area contributed by atoms with E-state index in [0.717, 1.165) is 23.7 Å². The van der Waals surface area contributed by atoms with Crippen LogP contribution in [0.15, 0.2) is 35.5 Å². The van der Waals surface area contributed by atoms with E-state index in [1.165, 1.54) is 6.42 Å². The number of ether oxygens (including phenoxy) is 1. The number of halogens is 1. The lowest BCUT2D eigenvalue weighted by molar-refractivity contribution is -0.121. The number of carbonyl (C=O) groups excluding carboxylic acids is 1. The summed E-state index contributed by atoms with van der Waals surface area (Å²) in [5.74, 6) is 2.56. The van der Waals surface area contributed by atoms with Crippen molar-refractivity contribution in [3.63, 3.8) is 0 Å². The van der Waals surface area contributed by atoms with Crippen LogP contribution >= 0.6 is 11.6 Å². The smallest absolute Gasteiger partial charge is 0.240 e. The predicted molar refractivity (Wildman–Crippen MR) is 96.4 cm³/mol. The Kier molecular flexibility index (Phi) is 5.56. The number of allylic oxidation sites excluding steroid dienone is 2. The van der Waals surface area contributed by atoms with Crippen molar-refractivity contribution in [3.05, 3.63) is 40.9 Å². The molecule has 3 unspecified atom stereocenters. The molecule has 1 fully saturated rings. The first kappa shape index (κ1) is 17.0. The summed E-state index contributed by atoms with van der Waals surface area (Å²) in [7, 11) is 0. The molecular weight excluding hydrogens is 324 g/mol. The second-order valence-electron chi connectivity index (χ2n) is 6.62. The number of hydrogen-bond donors (Lipinski definition) is 1. The molecule has 1 aromatic rings. The number of nitrogens with one attached hydrogen (secondary N) is 1. The van der Waals surface area contributed by atoms with Gasteiger partial charge < -0.3 is 4.74 Å². The zero-order valence-corrected chi connectivity index (χ0v) is 14.6. The van der Waals surface area contributed by atoms with Gasteiger partial charge >= 0.3 is 0 Å². The molecule has 0 radical (unpaired) electrons. The van der Waals surface area contributed by atoms with Crippen LogP contribution in [0.1, 0.15) is 31.2 Å². The first-order chi connectivity index (χ1) is 11.6. The molecule has 24 heavy (non-hydrogen) atoms. The van der Waals surface area contributed by atoms with Crippen LogP contribution in [0.2, 0.25) is 5.02 Å². The predicted octanol–water partition coefficient (Wildman–Crippen LogP) is 4.12. The van der Waals surface area contributed by atoms with E-state index in [4.69, 9.17) is 16.3 Å². The van der Waals surface area contributed by atoms with Gasteiger partial charge in [-0.25, -0.2) is 5.43 Å². The molecule has 1 amide bonds. The van der Waals surface area contributed by atoms with Crippen LogP contribution in [-0.4, -0.2) is 18.7 Å². The minimum atomic E-state index is -0.0682. The normalized spacial score (nSPS) is 24.7. The highest BCUT2D eigenvalue weighted by Crippen LogP contribution is 2.42. The summed E-state index contributed by atoms with van der Waals surface area (Å²) in [4.78, 5) is 11.8. The first-order valence-corrected chi connectivity index (χ1v) is 8.89. The summed E-state index contributed by atoms with van der Waals surface area (Å²) < 4.78 is 5.68. The van der Waals surface area contributed by atoms with E-state index < -0.39 is 0 Å². The molecule has 4 nitrogen and oxygen atoms in total. The molecule has 128 valence electrons. The minimum absolute atomic E-state index is 0.0682. The molecule has 1 saturated carbocycles. The van der Waals surface area contributed by atoms with Crippen LogP contribution in [-0.2, 0) is 4.79 Å². The summed E-state index contributed by atoms with van der Waals surface area (Å²) in [6.07, 6.45) is 9.94. The average Bonchev–Trinajstić information content (AvgIpc) is 3.16. The van der Waals surface area contributed by atoms with E-state index in [1.54, 1.807) is 6.07 Å². The van der Waals surface area contributed by atoms with Crippen LogP contribution in [0.3, 0.4) is 0 Å². The lowest BCUT2D eigenvalue weighted by Crippen LogP contribution is -2.19. The first-order valence-electron chi connectivity index (χ1n) is 8.51. The van der Waals surface area contributed by atoms with Crippen molar-refractivity contribution < 1.29 is 9.53 Å². The Morgan fingerprint density at radius 2 is 2.29 bits per heavy atom. The van der Waals surface area contributed by atoms with E-state index in [-0.39, 0.29) is 5.91 Å². The van der Waals surface area contributed by atoms with Gasteiger partial charge in [-0.3, -0.25) is 4.79 Å². The van der Waals surface area contributed by atoms with Crippen LogP contribution in [0.4, 0.5) is 0 Å². The molecule has 2 aliphatic rings. The number of fused-ring (bicyclic) bond motifs is 2. The van der Waals surface area contributed by atoms with Crippen molar-refractivity contribution in [2.75, 3.05) is 6.61 Å². The lowest BCUT2D eigenvalue weighted by Gasteiger charge is -2.12. The fraction of sp³-hybridized carbons (Fsp3) is 0.474. The Balaban J connectivity index is 1.32. The van der Waals surface area contributed by atoms with E-state index in [2.05, 4.69) is 22.7 Å². The Morgan fingerprint density at radius 1 is 1.42 bits per heavy atom. The minimum Gasteiger partial charge on any atom is -0.493 e. The van der Waals surface area contributed by atoms with Crippen molar-refractivity contribution >= 4 is 23.7 Å². The molecule has 0 aliphatic heterocycles. The van der Waals surface area contributed by atoms with Crippen LogP contribution < -0.4 is 10.2 Å². The lowest BCUT2D eigenvalue weighted by atomic mass is 9.95. The maximum Gasteiger partial charge on any atom is 0.240 e. The average molecular weight is 347 g/mol. The number of hydrazone groups is 1. The Morgan fingerprint density at radius 3 is 3.00 bits per heavy atom. The second kappa shape index (κ2) is 7.84. The third kappa shape index (κ3) is 4.38. The third-order valence-corrected chi connectivity index (χ3v) is 4.96.